The molecule has 3 saturated heterocycles. The highest BCUT2D eigenvalue weighted by molar-refractivity contribution is 5.82. The van der Waals surface area contributed by atoms with Gasteiger partial charge in [0.2, 0.25) is 0 Å². The number of aromatic nitrogens is 1. The molecule has 3 fully saturated rings. The quantitative estimate of drug-likeness (QED) is 0.883. The minimum absolute atomic E-state index is 0.223. The SMILES string of the molecule is C=CC1CN2CC[C@@H]1C[C@H]2[C@H](O)c1ccnc2ccccc12. The third-order valence-corrected chi connectivity index (χ3v) is 5.52. The fourth-order valence-electron chi connectivity index (χ4n) is 4.29. The summed E-state index contributed by atoms with van der Waals surface area (Å²) in [6.07, 6.45) is 5.76. The van der Waals surface area contributed by atoms with Crippen LogP contribution in [0.15, 0.2) is 49.2 Å². The number of aliphatic hydroxyl groups excluding tert-OH is 1. The van der Waals surface area contributed by atoms with E-state index in [9.17, 15) is 5.11 Å². The zero-order valence-corrected chi connectivity index (χ0v) is 12.7. The van der Waals surface area contributed by atoms with Crippen LogP contribution < -0.4 is 0 Å². The lowest BCUT2D eigenvalue weighted by Gasteiger charge is -2.50. The highest BCUT2D eigenvalue weighted by Gasteiger charge is 2.42. The number of nitrogens with zero attached hydrogens (tertiary/aromatic N) is 2. The molecule has 0 radical (unpaired) electrons. The van der Waals surface area contributed by atoms with Crippen LogP contribution in [0.4, 0.5) is 0 Å². The highest BCUT2D eigenvalue weighted by Crippen LogP contribution is 2.41. The molecule has 1 aromatic carbocycles. The first-order valence-corrected chi connectivity index (χ1v) is 8.16. The third kappa shape index (κ3) is 2.16. The van der Waals surface area contributed by atoms with Crippen LogP contribution in [0.5, 0.6) is 0 Å². The summed E-state index contributed by atoms with van der Waals surface area (Å²) in [5.41, 5.74) is 1.97. The van der Waals surface area contributed by atoms with Gasteiger partial charge in [0.25, 0.3) is 0 Å². The molecular weight excluding hydrogens is 272 g/mol. The lowest BCUT2D eigenvalue weighted by Crippen LogP contribution is -2.54. The highest BCUT2D eigenvalue weighted by atomic mass is 16.3. The number of hydrogen-bond acceptors (Lipinski definition) is 3. The summed E-state index contributed by atoms with van der Waals surface area (Å²) in [6.45, 7) is 6.11. The lowest BCUT2D eigenvalue weighted by molar-refractivity contribution is -0.0444. The van der Waals surface area contributed by atoms with Crippen LogP contribution >= 0.6 is 0 Å². The van der Waals surface area contributed by atoms with Crippen molar-refractivity contribution in [1.29, 1.82) is 0 Å². The van der Waals surface area contributed by atoms with E-state index in [1.165, 1.54) is 6.42 Å². The first-order valence-electron chi connectivity index (χ1n) is 8.16. The van der Waals surface area contributed by atoms with E-state index in [0.29, 0.717) is 11.8 Å². The van der Waals surface area contributed by atoms with Crippen LogP contribution in [0, 0.1) is 11.8 Å². The molecule has 0 saturated carbocycles. The smallest absolute Gasteiger partial charge is 0.0952 e. The van der Waals surface area contributed by atoms with Crippen molar-refractivity contribution in [2.45, 2.75) is 25.0 Å². The van der Waals surface area contributed by atoms with Crippen molar-refractivity contribution in [3.05, 3.63) is 54.7 Å². The van der Waals surface area contributed by atoms with Gasteiger partial charge in [-0.25, -0.2) is 0 Å². The summed E-state index contributed by atoms with van der Waals surface area (Å²) in [4.78, 5) is 6.86. The van der Waals surface area contributed by atoms with E-state index >= 15 is 0 Å². The van der Waals surface area contributed by atoms with E-state index < -0.39 is 6.10 Å². The topological polar surface area (TPSA) is 36.4 Å². The molecule has 3 nitrogen and oxygen atoms in total. The number of fused-ring (bicyclic) bond motifs is 4. The van der Waals surface area contributed by atoms with Crippen LogP contribution in [0.2, 0.25) is 0 Å². The van der Waals surface area contributed by atoms with Crippen LogP contribution in [0.25, 0.3) is 10.9 Å². The van der Waals surface area contributed by atoms with Gasteiger partial charge in [0.1, 0.15) is 0 Å². The Morgan fingerprint density at radius 3 is 2.95 bits per heavy atom. The Balaban J connectivity index is 1.67. The summed E-state index contributed by atoms with van der Waals surface area (Å²) in [7, 11) is 0. The van der Waals surface area contributed by atoms with Gasteiger partial charge in [0, 0.05) is 24.2 Å². The summed E-state index contributed by atoms with van der Waals surface area (Å²) in [6, 6.07) is 10.3. The normalized spacial score (nSPS) is 32.0. The molecule has 2 unspecified atom stereocenters. The molecule has 3 heteroatoms. The minimum Gasteiger partial charge on any atom is -0.387 e. The van der Waals surface area contributed by atoms with Gasteiger partial charge < -0.3 is 5.11 Å². The van der Waals surface area contributed by atoms with Crippen molar-refractivity contribution in [2.75, 3.05) is 13.1 Å². The van der Waals surface area contributed by atoms with E-state index in [0.717, 1.165) is 36.0 Å². The number of para-hydroxylation sites is 1. The predicted octanol–water partition coefficient (Wildman–Crippen LogP) is 3.16. The van der Waals surface area contributed by atoms with Crippen molar-refractivity contribution in [3.63, 3.8) is 0 Å². The Bertz CT molecular complexity index is 693. The van der Waals surface area contributed by atoms with Crippen LogP contribution in [0.1, 0.15) is 24.5 Å². The van der Waals surface area contributed by atoms with Gasteiger partial charge in [0.05, 0.1) is 11.6 Å². The number of aliphatic hydroxyl groups is 1. The Hall–Kier alpha value is -1.71. The molecule has 5 rings (SSSR count). The molecule has 0 spiro atoms. The molecule has 1 aromatic heterocycles. The van der Waals surface area contributed by atoms with E-state index in [1.807, 2.05) is 30.5 Å². The number of pyridine rings is 1. The molecule has 114 valence electrons. The monoisotopic (exact) mass is 294 g/mol. The summed E-state index contributed by atoms with van der Waals surface area (Å²) < 4.78 is 0. The van der Waals surface area contributed by atoms with E-state index in [-0.39, 0.29) is 6.04 Å². The average Bonchev–Trinajstić information content (AvgIpc) is 2.60. The Kier molecular flexibility index (Phi) is 3.47. The number of piperidine rings is 3. The molecule has 22 heavy (non-hydrogen) atoms. The van der Waals surface area contributed by atoms with Crippen LogP contribution in [-0.2, 0) is 0 Å². The maximum atomic E-state index is 11.0. The molecule has 2 aromatic rings. The standard InChI is InChI=1S/C19H22N2O/c1-2-13-12-21-10-8-14(13)11-18(21)19(22)16-7-9-20-17-6-4-3-5-15(16)17/h2-7,9,13-14,18-19,22H,1,8,10-12H2/t13?,14-,18+,19-/m1/s1. The molecule has 2 bridgehead atoms. The molecule has 0 aliphatic carbocycles. The fraction of sp³-hybridized carbons (Fsp3) is 0.421. The van der Waals surface area contributed by atoms with Gasteiger partial charge in [-0.05, 0) is 48.9 Å². The van der Waals surface area contributed by atoms with E-state index in [2.05, 4.69) is 28.6 Å². The molecule has 0 amide bonds. The van der Waals surface area contributed by atoms with Gasteiger partial charge in [0.15, 0.2) is 0 Å². The third-order valence-electron chi connectivity index (χ3n) is 5.52. The fourth-order valence-corrected chi connectivity index (χ4v) is 4.29. The van der Waals surface area contributed by atoms with Crippen LogP contribution in [0.3, 0.4) is 0 Å². The lowest BCUT2D eigenvalue weighted by atomic mass is 9.73. The zero-order valence-electron chi connectivity index (χ0n) is 12.7. The second-order valence-corrected chi connectivity index (χ2v) is 6.61. The minimum atomic E-state index is -0.443. The summed E-state index contributed by atoms with van der Waals surface area (Å²) >= 11 is 0. The van der Waals surface area contributed by atoms with E-state index in [1.54, 1.807) is 0 Å². The van der Waals surface area contributed by atoms with Gasteiger partial charge >= 0.3 is 0 Å². The summed E-state index contributed by atoms with van der Waals surface area (Å²) in [5, 5.41) is 12.1. The zero-order chi connectivity index (χ0) is 15.1. The second-order valence-electron chi connectivity index (χ2n) is 6.61. The molecule has 3 aliphatic rings. The maximum Gasteiger partial charge on any atom is 0.0952 e. The van der Waals surface area contributed by atoms with Crippen molar-refractivity contribution in [2.24, 2.45) is 11.8 Å². The molecule has 4 heterocycles. The average molecular weight is 294 g/mol. The van der Waals surface area contributed by atoms with Crippen molar-refractivity contribution in [3.8, 4) is 0 Å². The van der Waals surface area contributed by atoms with Crippen LogP contribution in [-0.4, -0.2) is 34.1 Å². The first kappa shape index (κ1) is 13.9. The number of benzene rings is 1. The first-order chi connectivity index (χ1) is 10.8. The number of rotatable bonds is 3. The van der Waals surface area contributed by atoms with Gasteiger partial charge in [-0.3, -0.25) is 9.88 Å². The molecule has 1 N–H and O–H groups in total. The molecule has 5 atom stereocenters. The Labute approximate surface area is 131 Å². The predicted molar refractivity (Wildman–Crippen MR) is 88.5 cm³/mol. The number of hydrogen-bond donors (Lipinski definition) is 1. The van der Waals surface area contributed by atoms with Gasteiger partial charge in [-0.15, -0.1) is 6.58 Å². The van der Waals surface area contributed by atoms with Gasteiger partial charge in [-0.1, -0.05) is 24.3 Å². The largest absolute Gasteiger partial charge is 0.387 e. The second kappa shape index (κ2) is 5.49. The summed E-state index contributed by atoms with van der Waals surface area (Å²) in [5.74, 6) is 1.27. The Morgan fingerprint density at radius 1 is 1.32 bits per heavy atom. The van der Waals surface area contributed by atoms with E-state index in [4.69, 9.17) is 0 Å². The molecule has 3 aliphatic heterocycles. The van der Waals surface area contributed by atoms with Crippen molar-refractivity contribution in [1.82, 2.24) is 9.88 Å². The Morgan fingerprint density at radius 2 is 2.18 bits per heavy atom. The van der Waals surface area contributed by atoms with Crippen molar-refractivity contribution < 1.29 is 5.11 Å². The van der Waals surface area contributed by atoms with Gasteiger partial charge in [-0.2, -0.15) is 0 Å². The molecular formula is C19H22N2O. The van der Waals surface area contributed by atoms with Crippen molar-refractivity contribution >= 4 is 10.9 Å². The maximum absolute atomic E-state index is 11.0.